The van der Waals surface area contributed by atoms with Gasteiger partial charge in [0.15, 0.2) is 0 Å². The Labute approximate surface area is 100 Å². The summed E-state index contributed by atoms with van der Waals surface area (Å²) in [7, 11) is 0. The average Bonchev–Trinajstić information content (AvgIpc) is 2.95. The first-order chi connectivity index (χ1) is 7.19. The van der Waals surface area contributed by atoms with Gasteiger partial charge < -0.3 is 5.32 Å². The van der Waals surface area contributed by atoms with E-state index in [2.05, 4.69) is 53.3 Å². The second-order valence-corrected chi connectivity index (χ2v) is 5.43. The number of nitrogens with one attached hydrogen (secondary N) is 1. The van der Waals surface area contributed by atoms with Gasteiger partial charge in [-0.15, -0.1) is 0 Å². The molecule has 2 heteroatoms. The molecule has 1 unspecified atom stereocenters. The number of aryl methyl sites for hydroxylation is 1. The molecule has 0 spiro atoms. The summed E-state index contributed by atoms with van der Waals surface area (Å²) >= 11 is 3.54. The number of hydrogen-bond donors (Lipinski definition) is 1. The second-order valence-electron chi connectivity index (χ2n) is 4.51. The number of anilines is 1. The van der Waals surface area contributed by atoms with Gasteiger partial charge in [0.2, 0.25) is 0 Å². The molecule has 1 N–H and O–H groups in total. The average molecular weight is 268 g/mol. The molecule has 1 saturated carbocycles. The number of halogens is 1. The smallest absolute Gasteiger partial charge is 0.0356 e. The van der Waals surface area contributed by atoms with Crippen molar-refractivity contribution >= 4 is 21.6 Å². The van der Waals surface area contributed by atoms with Gasteiger partial charge in [-0.25, -0.2) is 0 Å². The molecule has 0 aromatic heterocycles. The summed E-state index contributed by atoms with van der Waals surface area (Å²) in [6, 6.07) is 7.19. The quantitative estimate of drug-likeness (QED) is 0.855. The number of rotatable bonds is 4. The molecule has 0 bridgehead atoms. The van der Waals surface area contributed by atoms with E-state index < -0.39 is 0 Å². The van der Waals surface area contributed by atoms with Crippen molar-refractivity contribution < 1.29 is 0 Å². The zero-order valence-electron chi connectivity index (χ0n) is 9.39. The largest absolute Gasteiger partial charge is 0.382 e. The summed E-state index contributed by atoms with van der Waals surface area (Å²) in [6.07, 6.45) is 4.02. The van der Waals surface area contributed by atoms with Crippen LogP contribution in [0.2, 0.25) is 0 Å². The highest BCUT2D eigenvalue weighted by atomic mass is 79.9. The summed E-state index contributed by atoms with van der Waals surface area (Å²) in [5.74, 6) is 0.911. The van der Waals surface area contributed by atoms with Gasteiger partial charge in [0, 0.05) is 16.2 Å². The normalized spacial score (nSPS) is 17.5. The molecular weight excluding hydrogens is 250 g/mol. The van der Waals surface area contributed by atoms with Crippen LogP contribution in [0.1, 0.15) is 31.7 Å². The van der Waals surface area contributed by atoms with E-state index in [9.17, 15) is 0 Å². The molecule has 1 fully saturated rings. The lowest BCUT2D eigenvalue weighted by molar-refractivity contribution is 0.616. The molecule has 0 radical (unpaired) electrons. The number of hydrogen-bond acceptors (Lipinski definition) is 1. The van der Waals surface area contributed by atoms with Crippen LogP contribution in [0, 0.1) is 12.8 Å². The molecule has 0 aliphatic heterocycles. The Morgan fingerprint density at radius 1 is 1.40 bits per heavy atom. The van der Waals surface area contributed by atoms with Crippen LogP contribution in [-0.2, 0) is 0 Å². The van der Waals surface area contributed by atoms with Gasteiger partial charge >= 0.3 is 0 Å². The van der Waals surface area contributed by atoms with Gasteiger partial charge in [0.05, 0.1) is 0 Å². The lowest BCUT2D eigenvalue weighted by Gasteiger charge is -2.18. The molecular formula is C13H18BrN. The van der Waals surface area contributed by atoms with Gasteiger partial charge in [-0.2, -0.15) is 0 Å². The van der Waals surface area contributed by atoms with Crippen LogP contribution in [0.4, 0.5) is 5.69 Å². The molecule has 0 amide bonds. The highest BCUT2D eigenvalue weighted by Gasteiger charge is 2.29. The van der Waals surface area contributed by atoms with E-state index in [1.807, 2.05) is 0 Å². The Kier molecular flexibility index (Phi) is 3.35. The van der Waals surface area contributed by atoms with E-state index in [1.165, 1.54) is 30.5 Å². The van der Waals surface area contributed by atoms with Crippen molar-refractivity contribution in [2.24, 2.45) is 5.92 Å². The molecule has 1 aromatic carbocycles. The summed E-state index contributed by atoms with van der Waals surface area (Å²) in [5, 5.41) is 3.64. The Balaban J connectivity index is 2.08. The lowest BCUT2D eigenvalue weighted by Crippen LogP contribution is -2.20. The fourth-order valence-corrected chi connectivity index (χ4v) is 2.69. The van der Waals surface area contributed by atoms with Crippen molar-refractivity contribution in [3.63, 3.8) is 0 Å². The van der Waals surface area contributed by atoms with Crippen molar-refractivity contribution in [3.8, 4) is 0 Å². The highest BCUT2D eigenvalue weighted by Crippen LogP contribution is 2.36. The topological polar surface area (TPSA) is 12.0 Å². The van der Waals surface area contributed by atoms with Crippen molar-refractivity contribution in [2.45, 2.75) is 39.2 Å². The zero-order valence-corrected chi connectivity index (χ0v) is 11.0. The predicted molar refractivity (Wildman–Crippen MR) is 69.3 cm³/mol. The minimum absolute atomic E-state index is 0.665. The van der Waals surface area contributed by atoms with Crippen LogP contribution in [0.25, 0.3) is 0 Å². The van der Waals surface area contributed by atoms with Crippen LogP contribution >= 0.6 is 15.9 Å². The number of benzene rings is 1. The van der Waals surface area contributed by atoms with Gasteiger partial charge in [0.1, 0.15) is 0 Å². The van der Waals surface area contributed by atoms with Crippen LogP contribution in [0.15, 0.2) is 22.7 Å². The Morgan fingerprint density at radius 3 is 2.67 bits per heavy atom. The molecule has 82 valence electrons. The Hall–Kier alpha value is -0.500. The first-order valence-corrected chi connectivity index (χ1v) is 6.52. The molecule has 1 aliphatic rings. The third kappa shape index (κ3) is 2.97. The van der Waals surface area contributed by atoms with E-state index in [0.717, 1.165) is 10.4 Å². The monoisotopic (exact) mass is 267 g/mol. The van der Waals surface area contributed by atoms with Crippen molar-refractivity contribution in [3.05, 3.63) is 28.2 Å². The van der Waals surface area contributed by atoms with E-state index in [1.54, 1.807) is 0 Å². The minimum atomic E-state index is 0.665. The zero-order chi connectivity index (χ0) is 10.8. The molecule has 0 heterocycles. The standard InChI is InChI=1S/C13H18BrN/c1-3-13(10-4-5-10)15-12-7-9(2)6-11(14)8-12/h6-8,10,13,15H,3-5H2,1-2H3. The maximum absolute atomic E-state index is 3.64. The maximum Gasteiger partial charge on any atom is 0.0356 e. The highest BCUT2D eigenvalue weighted by molar-refractivity contribution is 9.10. The van der Waals surface area contributed by atoms with Crippen LogP contribution in [0.3, 0.4) is 0 Å². The molecule has 1 aromatic rings. The van der Waals surface area contributed by atoms with Crippen LogP contribution < -0.4 is 5.32 Å². The summed E-state index contributed by atoms with van der Waals surface area (Å²) < 4.78 is 1.16. The fraction of sp³-hybridized carbons (Fsp3) is 0.538. The predicted octanol–water partition coefficient (Wildman–Crippen LogP) is 4.36. The van der Waals surface area contributed by atoms with Gasteiger partial charge in [-0.3, -0.25) is 0 Å². The van der Waals surface area contributed by atoms with Crippen molar-refractivity contribution in [1.82, 2.24) is 0 Å². The summed E-state index contributed by atoms with van der Waals surface area (Å²) in [5.41, 5.74) is 2.55. The van der Waals surface area contributed by atoms with Gasteiger partial charge in [-0.05, 0) is 55.9 Å². The first-order valence-electron chi connectivity index (χ1n) is 5.72. The van der Waals surface area contributed by atoms with E-state index in [-0.39, 0.29) is 0 Å². The van der Waals surface area contributed by atoms with Crippen LogP contribution in [0.5, 0.6) is 0 Å². The third-order valence-corrected chi connectivity index (χ3v) is 3.48. The SMILES string of the molecule is CCC(Nc1cc(C)cc(Br)c1)C1CC1. The fourth-order valence-electron chi connectivity index (χ4n) is 2.09. The molecule has 1 aliphatic carbocycles. The second kappa shape index (κ2) is 4.56. The summed E-state index contributed by atoms with van der Waals surface area (Å²) in [4.78, 5) is 0. The lowest BCUT2D eigenvalue weighted by atomic mass is 10.1. The van der Waals surface area contributed by atoms with Crippen molar-refractivity contribution in [2.75, 3.05) is 5.32 Å². The Bertz CT molecular complexity index is 324. The minimum Gasteiger partial charge on any atom is -0.382 e. The van der Waals surface area contributed by atoms with Gasteiger partial charge in [-0.1, -0.05) is 22.9 Å². The van der Waals surface area contributed by atoms with E-state index in [0.29, 0.717) is 6.04 Å². The molecule has 15 heavy (non-hydrogen) atoms. The molecule has 1 atom stereocenters. The maximum atomic E-state index is 3.64. The molecule has 2 rings (SSSR count). The van der Waals surface area contributed by atoms with Crippen LogP contribution in [-0.4, -0.2) is 6.04 Å². The van der Waals surface area contributed by atoms with Crippen molar-refractivity contribution in [1.29, 1.82) is 0 Å². The molecule has 1 nitrogen and oxygen atoms in total. The third-order valence-electron chi connectivity index (χ3n) is 3.03. The van der Waals surface area contributed by atoms with Gasteiger partial charge in [0.25, 0.3) is 0 Å². The summed E-state index contributed by atoms with van der Waals surface area (Å²) in [6.45, 7) is 4.40. The van der Waals surface area contributed by atoms with E-state index in [4.69, 9.17) is 0 Å². The van der Waals surface area contributed by atoms with E-state index >= 15 is 0 Å². The Morgan fingerprint density at radius 2 is 2.13 bits per heavy atom. The first kappa shape index (κ1) is 11.0. The molecule has 0 saturated heterocycles.